The van der Waals surface area contributed by atoms with Crippen LogP contribution >= 0.6 is 0 Å². The van der Waals surface area contributed by atoms with Gasteiger partial charge in [-0.1, -0.05) is 18.2 Å². The smallest absolute Gasteiger partial charge is 0.287 e. The third-order valence-electron chi connectivity index (χ3n) is 3.99. The van der Waals surface area contributed by atoms with Gasteiger partial charge in [0.2, 0.25) is 0 Å². The van der Waals surface area contributed by atoms with Crippen molar-refractivity contribution in [3.63, 3.8) is 0 Å². The second kappa shape index (κ2) is 6.51. The molecule has 3 heterocycles. The maximum absolute atomic E-state index is 14.0. The Morgan fingerprint density at radius 3 is 2.73 bits per heavy atom. The highest BCUT2D eigenvalue weighted by atomic mass is 19.1. The first kappa shape index (κ1) is 16.1. The van der Waals surface area contributed by atoms with Gasteiger partial charge in [-0.15, -0.1) is 5.10 Å². The number of aromatic nitrogens is 6. The lowest BCUT2D eigenvalue weighted by molar-refractivity contribution is 0.421. The number of nitrogens with zero attached hydrogens (tertiary/aromatic N) is 5. The van der Waals surface area contributed by atoms with Crippen LogP contribution in [0, 0.1) is 5.82 Å². The molecule has 0 aliphatic rings. The van der Waals surface area contributed by atoms with Crippen molar-refractivity contribution in [2.75, 3.05) is 6.67 Å². The second-order valence-electron chi connectivity index (χ2n) is 5.66. The minimum Gasteiger partial charge on any atom is -0.287 e. The van der Waals surface area contributed by atoms with Crippen LogP contribution < -0.4 is 5.69 Å². The van der Waals surface area contributed by atoms with Gasteiger partial charge in [0.15, 0.2) is 11.5 Å². The number of hydrogen-bond donors (Lipinski definition) is 1. The van der Waals surface area contributed by atoms with E-state index in [4.69, 9.17) is 0 Å². The van der Waals surface area contributed by atoms with Crippen LogP contribution in [-0.4, -0.2) is 36.2 Å². The third kappa shape index (κ3) is 2.77. The van der Waals surface area contributed by atoms with Crippen molar-refractivity contribution < 1.29 is 8.78 Å². The average molecular weight is 356 g/mol. The molecule has 0 saturated carbocycles. The molecule has 0 saturated heterocycles. The summed E-state index contributed by atoms with van der Waals surface area (Å²) in [5, 5.41) is 9.20. The molecule has 4 aromatic rings. The molecule has 0 amide bonds. The molecule has 132 valence electrons. The fourth-order valence-electron chi connectivity index (χ4n) is 2.78. The Hall–Kier alpha value is -3.36. The van der Waals surface area contributed by atoms with Gasteiger partial charge >= 0.3 is 5.69 Å². The topological polar surface area (TPSA) is 81.4 Å². The first-order valence-corrected chi connectivity index (χ1v) is 7.96. The normalized spacial score (nSPS) is 11.3. The minimum absolute atomic E-state index is 0.137. The van der Waals surface area contributed by atoms with Crippen LogP contribution in [0.2, 0.25) is 0 Å². The molecule has 0 unspecified atom stereocenters. The largest absolute Gasteiger partial charge is 0.343 e. The van der Waals surface area contributed by atoms with E-state index < -0.39 is 12.4 Å². The first-order chi connectivity index (χ1) is 12.7. The Morgan fingerprint density at radius 2 is 1.92 bits per heavy atom. The van der Waals surface area contributed by atoms with Gasteiger partial charge in [-0.3, -0.25) is 4.98 Å². The second-order valence-corrected chi connectivity index (χ2v) is 5.66. The van der Waals surface area contributed by atoms with Gasteiger partial charge in [0.1, 0.15) is 18.2 Å². The number of aromatic amines is 1. The van der Waals surface area contributed by atoms with Gasteiger partial charge in [0.05, 0.1) is 18.5 Å². The average Bonchev–Trinajstić information content (AvgIpc) is 3.19. The van der Waals surface area contributed by atoms with E-state index in [1.807, 2.05) is 0 Å². The van der Waals surface area contributed by atoms with Crippen molar-refractivity contribution in [2.45, 2.75) is 13.1 Å². The summed E-state index contributed by atoms with van der Waals surface area (Å²) in [6.45, 7) is -0.661. The highest BCUT2D eigenvalue weighted by Crippen LogP contribution is 2.24. The molecule has 1 aromatic carbocycles. The molecule has 0 radical (unpaired) electrons. The van der Waals surface area contributed by atoms with Gasteiger partial charge in [0, 0.05) is 11.8 Å². The molecular formula is C17H14F2N6O. The minimum atomic E-state index is -0.700. The van der Waals surface area contributed by atoms with E-state index >= 15 is 0 Å². The Balaban J connectivity index is 1.83. The van der Waals surface area contributed by atoms with Crippen molar-refractivity contribution in [3.8, 4) is 11.5 Å². The zero-order chi connectivity index (χ0) is 18.1. The molecule has 0 bridgehead atoms. The summed E-state index contributed by atoms with van der Waals surface area (Å²) in [6.07, 6.45) is 1.61. The van der Waals surface area contributed by atoms with Crippen LogP contribution in [-0.2, 0) is 13.1 Å². The number of rotatable bonds is 5. The fourth-order valence-corrected chi connectivity index (χ4v) is 2.78. The summed E-state index contributed by atoms with van der Waals surface area (Å²) in [6, 6.07) is 9.93. The van der Waals surface area contributed by atoms with Gasteiger partial charge in [-0.25, -0.2) is 27.9 Å². The van der Waals surface area contributed by atoms with E-state index in [9.17, 15) is 13.6 Å². The summed E-state index contributed by atoms with van der Waals surface area (Å²) in [4.78, 5) is 18.7. The lowest BCUT2D eigenvalue weighted by Crippen LogP contribution is -2.18. The number of nitrogens with one attached hydrogen (secondary N) is 1. The summed E-state index contributed by atoms with van der Waals surface area (Å²) in [5.41, 5.74) is 0.884. The Morgan fingerprint density at radius 1 is 1.08 bits per heavy atom. The summed E-state index contributed by atoms with van der Waals surface area (Å²) >= 11 is 0. The number of hydrogen-bond acceptors (Lipinski definition) is 4. The predicted molar refractivity (Wildman–Crippen MR) is 90.8 cm³/mol. The number of H-pyrrole nitrogens is 1. The Labute approximate surface area is 145 Å². The highest BCUT2D eigenvalue weighted by Gasteiger charge is 2.18. The number of benzene rings is 1. The molecule has 26 heavy (non-hydrogen) atoms. The molecule has 7 nitrogen and oxygen atoms in total. The molecule has 0 spiro atoms. The van der Waals surface area contributed by atoms with E-state index in [-0.39, 0.29) is 24.7 Å². The molecular weight excluding hydrogens is 342 g/mol. The van der Waals surface area contributed by atoms with Gasteiger partial charge in [-0.05, 0) is 18.2 Å². The Bertz CT molecular complexity index is 1130. The third-order valence-corrected chi connectivity index (χ3v) is 3.99. The van der Waals surface area contributed by atoms with Gasteiger partial charge in [0.25, 0.3) is 0 Å². The number of halogens is 2. The van der Waals surface area contributed by atoms with Crippen molar-refractivity contribution in [1.29, 1.82) is 0 Å². The number of fused-ring (bicyclic) bond motifs is 1. The van der Waals surface area contributed by atoms with Crippen LogP contribution in [0.1, 0.15) is 5.56 Å². The zero-order valence-corrected chi connectivity index (χ0v) is 13.6. The van der Waals surface area contributed by atoms with Crippen molar-refractivity contribution in [1.82, 2.24) is 29.5 Å². The highest BCUT2D eigenvalue weighted by molar-refractivity contribution is 5.89. The standard InChI is InChI=1S/C17H14F2N6O/c18-7-9-24-17(26)21-15(23-24)14-12-5-3-8-20-16(12)25(22-14)10-11-4-1-2-6-13(11)19/h1-6,8H,7,9-10H2,(H,21,23,26). The summed E-state index contributed by atoms with van der Waals surface area (Å²) < 4.78 is 29.1. The molecule has 9 heteroatoms. The number of alkyl halides is 1. The molecule has 4 rings (SSSR count). The Kier molecular flexibility index (Phi) is 4.04. The number of pyridine rings is 1. The maximum Gasteiger partial charge on any atom is 0.343 e. The zero-order valence-electron chi connectivity index (χ0n) is 13.6. The summed E-state index contributed by atoms with van der Waals surface area (Å²) in [5.74, 6) is -0.122. The fraction of sp³-hybridized carbons (Fsp3) is 0.176. The monoisotopic (exact) mass is 356 g/mol. The lowest BCUT2D eigenvalue weighted by Gasteiger charge is -2.04. The first-order valence-electron chi connectivity index (χ1n) is 7.96. The summed E-state index contributed by atoms with van der Waals surface area (Å²) in [7, 11) is 0. The molecule has 0 aliphatic heterocycles. The van der Waals surface area contributed by atoms with Crippen LogP contribution in [0.4, 0.5) is 8.78 Å². The van der Waals surface area contributed by atoms with Crippen LogP contribution in [0.25, 0.3) is 22.6 Å². The van der Waals surface area contributed by atoms with E-state index in [2.05, 4.69) is 20.2 Å². The molecule has 0 atom stereocenters. The van der Waals surface area contributed by atoms with E-state index in [1.54, 1.807) is 41.2 Å². The molecule has 0 fully saturated rings. The van der Waals surface area contributed by atoms with Crippen molar-refractivity contribution in [3.05, 3.63) is 64.5 Å². The maximum atomic E-state index is 14.0. The van der Waals surface area contributed by atoms with E-state index in [1.165, 1.54) is 6.07 Å². The SMILES string of the molecule is O=c1[nH]c(-c2nn(Cc3ccccc3F)c3ncccc23)nn1CCF. The molecule has 1 N–H and O–H groups in total. The van der Waals surface area contributed by atoms with Crippen LogP contribution in [0.3, 0.4) is 0 Å². The quantitative estimate of drug-likeness (QED) is 0.594. The van der Waals surface area contributed by atoms with Crippen molar-refractivity contribution >= 4 is 11.0 Å². The van der Waals surface area contributed by atoms with Gasteiger partial charge in [-0.2, -0.15) is 5.10 Å². The van der Waals surface area contributed by atoms with E-state index in [0.717, 1.165) is 4.68 Å². The molecule has 3 aromatic heterocycles. The predicted octanol–water partition coefficient (Wildman–Crippen LogP) is 2.14. The molecule has 0 aliphatic carbocycles. The lowest BCUT2D eigenvalue weighted by atomic mass is 10.2. The van der Waals surface area contributed by atoms with Crippen LogP contribution in [0.15, 0.2) is 47.4 Å². The van der Waals surface area contributed by atoms with Crippen LogP contribution in [0.5, 0.6) is 0 Å². The van der Waals surface area contributed by atoms with Gasteiger partial charge < -0.3 is 0 Å². The van der Waals surface area contributed by atoms with E-state index in [0.29, 0.717) is 22.3 Å². The number of aryl methyl sites for hydroxylation is 1. The van der Waals surface area contributed by atoms with Crippen molar-refractivity contribution in [2.24, 2.45) is 0 Å².